The standard InChI is InChI=1S/C13H24O12/c14-2-5(16)10-9(19)11(20)13(22,25-10)23-3-6(17)7-1-4(15)8(18)12(21)24-7/h4-12,14-22H,1-3H2. The Morgan fingerprint density at radius 2 is 1.68 bits per heavy atom. The van der Waals surface area contributed by atoms with Crippen molar-refractivity contribution in [2.75, 3.05) is 13.2 Å². The van der Waals surface area contributed by atoms with Crippen molar-refractivity contribution in [1.82, 2.24) is 0 Å². The summed E-state index contributed by atoms with van der Waals surface area (Å²) in [4.78, 5) is 0. The molecule has 10 unspecified atom stereocenters. The Kier molecular flexibility index (Phi) is 6.70. The van der Waals surface area contributed by atoms with E-state index in [2.05, 4.69) is 0 Å². The van der Waals surface area contributed by atoms with Gasteiger partial charge in [-0.15, -0.1) is 0 Å². The molecule has 2 saturated heterocycles. The van der Waals surface area contributed by atoms with Crippen LogP contribution < -0.4 is 0 Å². The van der Waals surface area contributed by atoms with Crippen LogP contribution in [0.25, 0.3) is 0 Å². The molecule has 0 amide bonds. The molecular weight excluding hydrogens is 348 g/mol. The van der Waals surface area contributed by atoms with E-state index in [1.807, 2.05) is 0 Å². The van der Waals surface area contributed by atoms with Crippen LogP contribution in [0.5, 0.6) is 0 Å². The highest BCUT2D eigenvalue weighted by atomic mass is 16.8. The van der Waals surface area contributed by atoms with Gasteiger partial charge in [0.1, 0.15) is 30.5 Å². The molecule has 0 aromatic carbocycles. The summed E-state index contributed by atoms with van der Waals surface area (Å²) in [5, 5.41) is 86.3. The molecule has 0 aromatic heterocycles. The summed E-state index contributed by atoms with van der Waals surface area (Å²) in [5.41, 5.74) is 0. The van der Waals surface area contributed by atoms with Crippen molar-refractivity contribution >= 4 is 0 Å². The lowest BCUT2D eigenvalue weighted by Crippen LogP contribution is -2.53. The smallest absolute Gasteiger partial charge is 0.311 e. The third kappa shape index (κ3) is 4.27. The fraction of sp³-hybridized carbons (Fsp3) is 1.00. The highest BCUT2D eigenvalue weighted by Crippen LogP contribution is 2.32. The third-order valence-electron chi connectivity index (χ3n) is 4.27. The van der Waals surface area contributed by atoms with Crippen LogP contribution >= 0.6 is 0 Å². The molecule has 2 rings (SSSR count). The fourth-order valence-corrected chi connectivity index (χ4v) is 2.70. The molecule has 148 valence electrons. The van der Waals surface area contributed by atoms with E-state index in [4.69, 9.17) is 19.3 Å². The van der Waals surface area contributed by atoms with Crippen LogP contribution in [0.4, 0.5) is 0 Å². The molecule has 12 heteroatoms. The first-order valence-electron chi connectivity index (χ1n) is 7.67. The number of ether oxygens (including phenoxy) is 3. The lowest BCUT2D eigenvalue weighted by molar-refractivity contribution is -0.386. The maximum absolute atomic E-state index is 10.1. The van der Waals surface area contributed by atoms with Crippen LogP contribution in [0.2, 0.25) is 0 Å². The normalized spacial score (nSPS) is 47.6. The second-order valence-electron chi connectivity index (χ2n) is 6.14. The SMILES string of the molecule is OCC(O)C1OC(O)(OCC(O)C2CC(O)C(O)C(O)O2)C(O)C1O. The molecule has 0 spiro atoms. The summed E-state index contributed by atoms with van der Waals surface area (Å²) >= 11 is 0. The zero-order valence-electron chi connectivity index (χ0n) is 13.1. The van der Waals surface area contributed by atoms with Gasteiger partial charge >= 0.3 is 5.97 Å². The summed E-state index contributed by atoms with van der Waals surface area (Å²) in [6.07, 6.45) is -14.4. The first-order valence-corrected chi connectivity index (χ1v) is 7.67. The largest absolute Gasteiger partial charge is 0.394 e. The Balaban J connectivity index is 1.93. The Hall–Kier alpha value is -0.480. The van der Waals surface area contributed by atoms with Crippen LogP contribution in [0, 0.1) is 0 Å². The molecule has 2 aliphatic rings. The fourth-order valence-electron chi connectivity index (χ4n) is 2.70. The average molecular weight is 372 g/mol. The van der Waals surface area contributed by atoms with Crippen LogP contribution in [0.15, 0.2) is 0 Å². The lowest BCUT2D eigenvalue weighted by Gasteiger charge is -2.37. The van der Waals surface area contributed by atoms with E-state index in [0.29, 0.717) is 0 Å². The van der Waals surface area contributed by atoms with Crippen LogP contribution in [-0.2, 0) is 14.2 Å². The Bertz CT molecular complexity index is 425. The van der Waals surface area contributed by atoms with Crippen LogP contribution in [0.1, 0.15) is 6.42 Å². The Labute approximate surface area is 142 Å². The maximum Gasteiger partial charge on any atom is 0.311 e. The van der Waals surface area contributed by atoms with E-state index in [9.17, 15) is 40.9 Å². The van der Waals surface area contributed by atoms with Gasteiger partial charge in [0.2, 0.25) is 0 Å². The average Bonchev–Trinajstić information content (AvgIpc) is 2.81. The monoisotopic (exact) mass is 372 g/mol. The first kappa shape index (κ1) is 20.8. The molecule has 12 nitrogen and oxygen atoms in total. The number of rotatable bonds is 6. The molecule has 0 saturated carbocycles. The van der Waals surface area contributed by atoms with Gasteiger partial charge in [-0.05, 0) is 0 Å². The molecule has 0 bridgehead atoms. The zero-order chi connectivity index (χ0) is 18.9. The maximum atomic E-state index is 10.1. The highest BCUT2D eigenvalue weighted by Gasteiger charge is 2.57. The second-order valence-corrected chi connectivity index (χ2v) is 6.14. The van der Waals surface area contributed by atoms with Crippen molar-refractivity contribution in [3.63, 3.8) is 0 Å². The van der Waals surface area contributed by atoms with Crippen molar-refractivity contribution in [1.29, 1.82) is 0 Å². The molecule has 0 aromatic rings. The van der Waals surface area contributed by atoms with Crippen LogP contribution in [-0.4, -0.2) is 120 Å². The quantitative estimate of drug-likeness (QED) is 0.200. The van der Waals surface area contributed by atoms with E-state index in [1.54, 1.807) is 0 Å². The minimum Gasteiger partial charge on any atom is -0.394 e. The predicted molar refractivity (Wildman–Crippen MR) is 74.4 cm³/mol. The molecule has 25 heavy (non-hydrogen) atoms. The van der Waals surface area contributed by atoms with Crippen molar-refractivity contribution in [3.8, 4) is 0 Å². The van der Waals surface area contributed by atoms with Gasteiger partial charge in [0.15, 0.2) is 12.4 Å². The van der Waals surface area contributed by atoms with E-state index < -0.39 is 74.3 Å². The van der Waals surface area contributed by atoms with Crippen molar-refractivity contribution < 1.29 is 60.2 Å². The predicted octanol–water partition coefficient (Wildman–Crippen LogP) is -5.69. The molecule has 0 aliphatic carbocycles. The molecule has 10 atom stereocenters. The topological polar surface area (TPSA) is 210 Å². The number of aliphatic hydroxyl groups excluding tert-OH is 8. The second kappa shape index (κ2) is 8.04. The molecular formula is C13H24O12. The van der Waals surface area contributed by atoms with Gasteiger partial charge in [0.25, 0.3) is 0 Å². The summed E-state index contributed by atoms with van der Waals surface area (Å²) in [6, 6.07) is 0. The van der Waals surface area contributed by atoms with Crippen molar-refractivity contribution in [2.45, 2.75) is 67.5 Å². The summed E-state index contributed by atoms with van der Waals surface area (Å²) < 4.78 is 14.7. The lowest BCUT2D eigenvalue weighted by atomic mass is 9.99. The zero-order valence-corrected chi connectivity index (χ0v) is 13.1. The Morgan fingerprint density at radius 1 is 1.04 bits per heavy atom. The van der Waals surface area contributed by atoms with Gasteiger partial charge in [0, 0.05) is 6.42 Å². The van der Waals surface area contributed by atoms with E-state index in [1.165, 1.54) is 0 Å². The minimum atomic E-state index is -2.77. The van der Waals surface area contributed by atoms with Gasteiger partial charge < -0.3 is 60.2 Å². The van der Waals surface area contributed by atoms with Gasteiger partial charge in [-0.2, -0.15) is 0 Å². The highest BCUT2D eigenvalue weighted by molar-refractivity contribution is 4.94. The molecule has 2 aliphatic heterocycles. The van der Waals surface area contributed by atoms with Gasteiger partial charge in [-0.25, -0.2) is 0 Å². The minimum absolute atomic E-state index is 0.237. The number of hydrogen-bond acceptors (Lipinski definition) is 12. The molecule has 2 heterocycles. The van der Waals surface area contributed by atoms with Crippen LogP contribution in [0.3, 0.4) is 0 Å². The molecule has 2 fully saturated rings. The first-order chi connectivity index (χ1) is 11.6. The number of aliphatic hydroxyl groups is 9. The van der Waals surface area contributed by atoms with Gasteiger partial charge in [0.05, 0.1) is 25.4 Å². The van der Waals surface area contributed by atoms with E-state index in [-0.39, 0.29) is 6.42 Å². The number of hydrogen-bond donors (Lipinski definition) is 9. The Morgan fingerprint density at radius 3 is 2.24 bits per heavy atom. The molecule has 9 N–H and O–H groups in total. The summed E-state index contributed by atoms with van der Waals surface area (Å²) in [6.45, 7) is -1.51. The van der Waals surface area contributed by atoms with E-state index >= 15 is 0 Å². The molecule has 0 radical (unpaired) electrons. The van der Waals surface area contributed by atoms with Crippen molar-refractivity contribution in [3.05, 3.63) is 0 Å². The third-order valence-corrected chi connectivity index (χ3v) is 4.27. The van der Waals surface area contributed by atoms with E-state index in [0.717, 1.165) is 0 Å². The van der Waals surface area contributed by atoms with Crippen molar-refractivity contribution in [2.24, 2.45) is 0 Å². The summed E-state index contributed by atoms with van der Waals surface area (Å²) in [5.74, 6) is -2.77. The van der Waals surface area contributed by atoms with Gasteiger partial charge in [-0.3, -0.25) is 0 Å². The summed E-state index contributed by atoms with van der Waals surface area (Å²) in [7, 11) is 0. The van der Waals surface area contributed by atoms with Gasteiger partial charge in [-0.1, -0.05) is 0 Å².